The van der Waals surface area contributed by atoms with Gasteiger partial charge in [-0.1, -0.05) is 18.2 Å². The number of hydrogen-bond donors (Lipinski definition) is 0. The number of morpholine rings is 1. The van der Waals surface area contributed by atoms with Crippen molar-refractivity contribution in [3.8, 4) is 11.1 Å². The van der Waals surface area contributed by atoms with Crippen molar-refractivity contribution in [2.75, 3.05) is 26.2 Å². The second-order valence-corrected chi connectivity index (χ2v) is 10.3. The highest BCUT2D eigenvalue weighted by Crippen LogP contribution is 2.39. The summed E-state index contributed by atoms with van der Waals surface area (Å²) in [6.07, 6.45) is 4.89. The molecule has 0 unspecified atom stereocenters. The Morgan fingerprint density at radius 3 is 2.44 bits per heavy atom. The molecule has 5 nitrogen and oxygen atoms in total. The third-order valence-electron chi connectivity index (χ3n) is 7.85. The van der Waals surface area contributed by atoms with Gasteiger partial charge in [-0.15, -0.1) is 0 Å². The molecule has 1 amide bonds. The number of pyridine rings is 1. The SMILES string of the molecule is [B]C([B])(c1c(F)cc(-c2ccc3cccnc3c2)cc1F)N1CCC2(CC1)CN(C1CC1)C(=O)CO2. The number of ether oxygens (including phenoxy) is 1. The van der Waals surface area contributed by atoms with Gasteiger partial charge in [0.2, 0.25) is 5.91 Å². The van der Waals surface area contributed by atoms with Gasteiger partial charge in [0.15, 0.2) is 0 Å². The van der Waals surface area contributed by atoms with Crippen LogP contribution >= 0.6 is 0 Å². The minimum atomic E-state index is -1.83. The van der Waals surface area contributed by atoms with Crippen LogP contribution in [0.1, 0.15) is 31.2 Å². The Bertz CT molecular complexity index is 1320. The van der Waals surface area contributed by atoms with Gasteiger partial charge in [-0.05, 0) is 66.4 Å². The molecule has 1 saturated carbocycles. The number of aromatic nitrogens is 1. The second-order valence-electron chi connectivity index (χ2n) is 10.3. The van der Waals surface area contributed by atoms with Gasteiger partial charge < -0.3 is 14.5 Å². The van der Waals surface area contributed by atoms with E-state index in [9.17, 15) is 4.79 Å². The fourth-order valence-electron chi connectivity index (χ4n) is 5.57. The third-order valence-corrected chi connectivity index (χ3v) is 7.85. The highest BCUT2D eigenvalue weighted by atomic mass is 19.1. The molecule has 1 spiro atoms. The van der Waals surface area contributed by atoms with E-state index in [-0.39, 0.29) is 18.1 Å². The number of likely N-dealkylation sites (tertiary alicyclic amines) is 1. The van der Waals surface area contributed by atoms with Gasteiger partial charge in [-0.3, -0.25) is 9.78 Å². The quantitative estimate of drug-likeness (QED) is 0.534. The van der Waals surface area contributed by atoms with Crippen LogP contribution in [0.4, 0.5) is 8.78 Å². The lowest BCUT2D eigenvalue weighted by Crippen LogP contribution is -2.62. The summed E-state index contributed by atoms with van der Waals surface area (Å²) in [6.45, 7) is 1.42. The summed E-state index contributed by atoms with van der Waals surface area (Å²) < 4.78 is 36.8. The molecule has 2 aromatic carbocycles. The zero-order chi connectivity index (χ0) is 25.1. The Morgan fingerprint density at radius 1 is 1.03 bits per heavy atom. The number of nitrogens with zero attached hydrogens (tertiary/aromatic N) is 3. The number of carbonyl (C=O) groups is 1. The van der Waals surface area contributed by atoms with Gasteiger partial charge >= 0.3 is 0 Å². The molecule has 6 rings (SSSR count). The first-order valence-electron chi connectivity index (χ1n) is 12.4. The zero-order valence-electron chi connectivity index (χ0n) is 19.9. The van der Waals surface area contributed by atoms with E-state index in [1.54, 1.807) is 23.2 Å². The molecule has 3 aromatic rings. The Hall–Kier alpha value is -2.77. The van der Waals surface area contributed by atoms with Crippen LogP contribution in [0.15, 0.2) is 48.7 Å². The molecule has 180 valence electrons. The molecule has 3 heterocycles. The average molecular weight is 483 g/mol. The van der Waals surface area contributed by atoms with Gasteiger partial charge in [0, 0.05) is 36.3 Å². The molecule has 0 N–H and O–H groups in total. The number of benzene rings is 2. The van der Waals surface area contributed by atoms with Crippen LogP contribution in [0, 0.1) is 11.6 Å². The first-order chi connectivity index (χ1) is 17.3. The molecule has 3 aliphatic rings. The summed E-state index contributed by atoms with van der Waals surface area (Å²) in [4.78, 5) is 20.2. The molecule has 1 aromatic heterocycles. The number of amides is 1. The van der Waals surface area contributed by atoms with Crippen molar-refractivity contribution in [2.24, 2.45) is 0 Å². The summed E-state index contributed by atoms with van der Waals surface area (Å²) in [5.74, 6) is -1.56. The lowest BCUT2D eigenvalue weighted by atomic mass is 9.56. The number of halogens is 2. The normalized spacial score (nSPS) is 20.8. The maximum absolute atomic E-state index is 15.4. The third kappa shape index (κ3) is 4.12. The monoisotopic (exact) mass is 483 g/mol. The van der Waals surface area contributed by atoms with Crippen LogP contribution < -0.4 is 0 Å². The van der Waals surface area contributed by atoms with Crippen molar-refractivity contribution in [2.45, 2.75) is 42.7 Å². The van der Waals surface area contributed by atoms with E-state index in [2.05, 4.69) is 4.98 Å². The fourth-order valence-corrected chi connectivity index (χ4v) is 5.57. The van der Waals surface area contributed by atoms with Crippen LogP contribution in [0.3, 0.4) is 0 Å². The van der Waals surface area contributed by atoms with Crippen molar-refractivity contribution >= 4 is 32.5 Å². The van der Waals surface area contributed by atoms with Crippen molar-refractivity contribution < 1.29 is 18.3 Å². The van der Waals surface area contributed by atoms with E-state index in [1.165, 1.54) is 12.1 Å². The molecular weight excluding hydrogens is 458 g/mol. The average Bonchev–Trinajstić information content (AvgIpc) is 3.71. The number of rotatable bonds is 4. The van der Waals surface area contributed by atoms with Crippen molar-refractivity contribution in [1.82, 2.24) is 14.8 Å². The van der Waals surface area contributed by atoms with E-state index < -0.39 is 22.6 Å². The van der Waals surface area contributed by atoms with Gasteiger partial charge in [-0.2, -0.15) is 0 Å². The molecule has 4 radical (unpaired) electrons. The topological polar surface area (TPSA) is 45.7 Å². The number of piperidine rings is 1. The predicted molar refractivity (Wildman–Crippen MR) is 135 cm³/mol. The molecule has 2 saturated heterocycles. The molecule has 3 fully saturated rings. The highest BCUT2D eigenvalue weighted by molar-refractivity contribution is 6.39. The lowest BCUT2D eigenvalue weighted by Gasteiger charge is -2.51. The standard InChI is InChI=1S/C27H25B2F2N3O2/c28-27(29,33-10-7-26(8-11-33)16-34(20-5-6-20)24(35)15-36-26)25-21(30)12-19(13-22(25)31)18-4-3-17-2-1-9-32-23(17)14-18/h1-4,9,12-14,20H,5-8,10-11,15-16H2. The Labute approximate surface area is 211 Å². The Kier molecular flexibility index (Phi) is 5.68. The van der Waals surface area contributed by atoms with Crippen LogP contribution in [0.2, 0.25) is 0 Å². The maximum atomic E-state index is 15.4. The van der Waals surface area contributed by atoms with E-state index in [0.29, 0.717) is 49.6 Å². The summed E-state index contributed by atoms with van der Waals surface area (Å²) in [5, 5.41) is -0.893. The molecule has 9 heteroatoms. The lowest BCUT2D eigenvalue weighted by molar-refractivity contribution is -0.173. The molecule has 0 bridgehead atoms. The van der Waals surface area contributed by atoms with Gasteiger partial charge in [-0.25, -0.2) is 8.78 Å². The Morgan fingerprint density at radius 2 is 1.75 bits per heavy atom. The van der Waals surface area contributed by atoms with Gasteiger partial charge in [0.1, 0.15) is 18.2 Å². The van der Waals surface area contributed by atoms with E-state index in [1.807, 2.05) is 23.1 Å². The van der Waals surface area contributed by atoms with Crippen molar-refractivity contribution in [3.63, 3.8) is 0 Å². The summed E-state index contributed by atoms with van der Waals surface area (Å²) >= 11 is 0. The number of carbonyl (C=O) groups excluding carboxylic acids is 1. The second kappa shape index (κ2) is 8.67. The summed E-state index contributed by atoms with van der Waals surface area (Å²) in [5.41, 5.74) is 0.944. The minimum Gasteiger partial charge on any atom is -0.363 e. The maximum Gasteiger partial charge on any atom is 0.248 e. The molecule has 1 aliphatic carbocycles. The van der Waals surface area contributed by atoms with Crippen LogP contribution in [-0.2, 0) is 14.9 Å². The first-order valence-corrected chi connectivity index (χ1v) is 12.4. The Balaban J connectivity index is 1.22. The number of fused-ring (bicyclic) bond motifs is 1. The van der Waals surface area contributed by atoms with Crippen LogP contribution in [0.5, 0.6) is 0 Å². The minimum absolute atomic E-state index is 0.0315. The van der Waals surface area contributed by atoms with Crippen LogP contribution in [-0.4, -0.2) is 74.3 Å². The first kappa shape index (κ1) is 23.6. The zero-order valence-corrected chi connectivity index (χ0v) is 19.9. The highest BCUT2D eigenvalue weighted by Gasteiger charge is 2.48. The van der Waals surface area contributed by atoms with E-state index in [0.717, 1.165) is 23.7 Å². The van der Waals surface area contributed by atoms with E-state index in [4.69, 9.17) is 20.4 Å². The summed E-state index contributed by atoms with van der Waals surface area (Å²) in [6, 6.07) is 12.1. The largest absolute Gasteiger partial charge is 0.363 e. The van der Waals surface area contributed by atoms with Gasteiger partial charge in [0.05, 0.1) is 33.4 Å². The summed E-state index contributed by atoms with van der Waals surface area (Å²) in [7, 11) is 12.8. The van der Waals surface area contributed by atoms with Crippen LogP contribution in [0.25, 0.3) is 22.0 Å². The smallest absolute Gasteiger partial charge is 0.248 e. The molecule has 2 aliphatic heterocycles. The molecular formula is C27H25B2F2N3O2. The molecule has 36 heavy (non-hydrogen) atoms. The van der Waals surface area contributed by atoms with Crippen molar-refractivity contribution in [3.05, 3.63) is 65.9 Å². The molecule has 0 atom stereocenters. The van der Waals surface area contributed by atoms with E-state index >= 15 is 8.78 Å². The number of hydrogen-bond acceptors (Lipinski definition) is 4. The fraction of sp³-hybridized carbons (Fsp3) is 0.407. The van der Waals surface area contributed by atoms with Crippen molar-refractivity contribution in [1.29, 1.82) is 0 Å². The predicted octanol–water partition coefficient (Wildman–Crippen LogP) is 3.48. The van der Waals surface area contributed by atoms with Gasteiger partial charge in [0.25, 0.3) is 0 Å².